The average Bonchev–Trinajstić information content (AvgIpc) is 2.24. The Morgan fingerprint density at radius 2 is 2.12 bits per heavy atom. The summed E-state index contributed by atoms with van der Waals surface area (Å²) in [4.78, 5) is 11.0. The molecule has 0 unspecified atom stereocenters. The SMILES string of the molecule is COC(=O)C[C@@H](N)c1c(F)ccc(Cl)c1Cl.Cl. The monoisotopic (exact) mass is 301 g/mol. The van der Waals surface area contributed by atoms with Gasteiger partial charge in [-0.2, -0.15) is 0 Å². The van der Waals surface area contributed by atoms with Gasteiger partial charge in [0.15, 0.2) is 0 Å². The van der Waals surface area contributed by atoms with Crippen molar-refractivity contribution in [2.45, 2.75) is 12.5 Å². The van der Waals surface area contributed by atoms with Crippen molar-refractivity contribution in [1.29, 1.82) is 0 Å². The molecule has 0 amide bonds. The largest absolute Gasteiger partial charge is 0.469 e. The summed E-state index contributed by atoms with van der Waals surface area (Å²) in [6, 6.07) is 1.60. The summed E-state index contributed by atoms with van der Waals surface area (Å²) in [5, 5.41) is 0.219. The highest BCUT2D eigenvalue weighted by molar-refractivity contribution is 6.42. The Hall–Kier alpha value is -0.550. The molecule has 17 heavy (non-hydrogen) atoms. The maximum Gasteiger partial charge on any atom is 0.307 e. The zero-order chi connectivity index (χ0) is 12.3. The summed E-state index contributed by atoms with van der Waals surface area (Å²) in [5.41, 5.74) is 5.69. The Morgan fingerprint density at radius 3 is 2.65 bits per heavy atom. The van der Waals surface area contributed by atoms with Crippen molar-refractivity contribution in [2.24, 2.45) is 5.73 Å². The molecule has 0 aliphatic rings. The molecule has 0 radical (unpaired) electrons. The molecule has 1 aromatic carbocycles. The smallest absolute Gasteiger partial charge is 0.307 e. The first-order valence-electron chi connectivity index (χ1n) is 4.43. The zero-order valence-corrected chi connectivity index (χ0v) is 11.2. The van der Waals surface area contributed by atoms with Gasteiger partial charge < -0.3 is 10.5 Å². The van der Waals surface area contributed by atoms with Crippen molar-refractivity contribution < 1.29 is 13.9 Å². The third kappa shape index (κ3) is 4.00. The van der Waals surface area contributed by atoms with Gasteiger partial charge >= 0.3 is 5.97 Å². The van der Waals surface area contributed by atoms with E-state index >= 15 is 0 Å². The lowest BCUT2D eigenvalue weighted by molar-refractivity contribution is -0.141. The van der Waals surface area contributed by atoms with Crippen LogP contribution in [0, 0.1) is 5.82 Å². The van der Waals surface area contributed by atoms with Gasteiger partial charge in [-0.3, -0.25) is 4.79 Å². The molecular weight excluding hydrogens is 291 g/mol. The van der Waals surface area contributed by atoms with E-state index in [0.29, 0.717) is 0 Å². The first kappa shape index (κ1) is 16.4. The Bertz CT molecular complexity index is 415. The van der Waals surface area contributed by atoms with Crippen molar-refractivity contribution in [3.8, 4) is 0 Å². The number of ether oxygens (including phenoxy) is 1. The van der Waals surface area contributed by atoms with Gasteiger partial charge in [-0.25, -0.2) is 4.39 Å². The van der Waals surface area contributed by atoms with Crippen LogP contribution in [0.2, 0.25) is 10.0 Å². The highest BCUT2D eigenvalue weighted by atomic mass is 35.5. The number of halogens is 4. The molecule has 0 heterocycles. The number of esters is 1. The van der Waals surface area contributed by atoms with Gasteiger partial charge in [0.1, 0.15) is 5.82 Å². The van der Waals surface area contributed by atoms with Crippen molar-refractivity contribution in [3.63, 3.8) is 0 Å². The molecule has 1 rings (SSSR count). The highest BCUT2D eigenvalue weighted by Gasteiger charge is 2.20. The second kappa shape index (κ2) is 7.01. The molecule has 96 valence electrons. The maximum absolute atomic E-state index is 13.5. The number of hydrogen-bond acceptors (Lipinski definition) is 3. The van der Waals surface area contributed by atoms with E-state index in [0.717, 1.165) is 6.07 Å². The molecule has 1 atom stereocenters. The van der Waals surface area contributed by atoms with Crippen LogP contribution >= 0.6 is 35.6 Å². The van der Waals surface area contributed by atoms with Gasteiger partial charge in [-0.15, -0.1) is 12.4 Å². The van der Waals surface area contributed by atoms with Gasteiger partial charge in [0.25, 0.3) is 0 Å². The standard InChI is InChI=1S/C10H10Cl2FNO2.ClH/c1-16-8(15)4-7(14)9-6(13)3-2-5(11)10(9)12;/h2-3,7H,4,14H2,1H3;1H/t7-;/m1./s1. The fourth-order valence-electron chi connectivity index (χ4n) is 1.25. The second-order valence-corrected chi connectivity index (χ2v) is 3.93. The minimum absolute atomic E-state index is 0. The Kier molecular flexibility index (Phi) is 6.78. The molecule has 0 fully saturated rings. The quantitative estimate of drug-likeness (QED) is 0.689. The van der Waals surface area contributed by atoms with Crippen molar-refractivity contribution in [1.82, 2.24) is 0 Å². The molecule has 7 heteroatoms. The number of carbonyl (C=O) groups is 1. The van der Waals surface area contributed by atoms with Crippen LogP contribution in [0.4, 0.5) is 4.39 Å². The molecule has 0 saturated heterocycles. The summed E-state index contributed by atoms with van der Waals surface area (Å²) in [5.74, 6) is -1.13. The molecule has 0 aromatic heterocycles. The van der Waals surface area contributed by atoms with Crippen LogP contribution in [-0.4, -0.2) is 13.1 Å². The number of nitrogens with two attached hydrogens (primary N) is 1. The normalized spacial score (nSPS) is 11.6. The van der Waals surface area contributed by atoms with Crippen LogP contribution in [-0.2, 0) is 9.53 Å². The lowest BCUT2D eigenvalue weighted by Crippen LogP contribution is -2.18. The topological polar surface area (TPSA) is 52.3 Å². The Labute approximate surface area is 114 Å². The van der Waals surface area contributed by atoms with Crippen LogP contribution in [0.1, 0.15) is 18.0 Å². The maximum atomic E-state index is 13.5. The fourth-order valence-corrected chi connectivity index (χ4v) is 1.71. The molecule has 0 aliphatic heterocycles. The number of carbonyl (C=O) groups excluding carboxylic acids is 1. The number of rotatable bonds is 3. The first-order valence-corrected chi connectivity index (χ1v) is 5.18. The van der Waals surface area contributed by atoms with E-state index in [1.54, 1.807) is 0 Å². The average molecular weight is 303 g/mol. The number of hydrogen-bond donors (Lipinski definition) is 1. The minimum atomic E-state index is -0.876. The highest BCUT2D eigenvalue weighted by Crippen LogP contribution is 2.32. The van der Waals surface area contributed by atoms with E-state index in [9.17, 15) is 9.18 Å². The molecule has 3 nitrogen and oxygen atoms in total. The Morgan fingerprint density at radius 1 is 1.53 bits per heavy atom. The summed E-state index contributed by atoms with van der Waals surface area (Å²) in [7, 11) is 1.23. The summed E-state index contributed by atoms with van der Waals surface area (Å²) < 4.78 is 17.9. The van der Waals surface area contributed by atoms with Crippen LogP contribution in [0.5, 0.6) is 0 Å². The number of benzene rings is 1. The molecule has 0 saturated carbocycles. The van der Waals surface area contributed by atoms with Gasteiger partial charge in [-0.1, -0.05) is 23.2 Å². The van der Waals surface area contributed by atoms with Gasteiger partial charge in [0, 0.05) is 11.6 Å². The third-order valence-corrected chi connectivity index (χ3v) is 2.88. The van der Waals surface area contributed by atoms with Crippen molar-refractivity contribution >= 4 is 41.6 Å². The molecule has 2 N–H and O–H groups in total. The summed E-state index contributed by atoms with van der Waals surface area (Å²) in [6.07, 6.45) is -0.159. The van der Waals surface area contributed by atoms with E-state index < -0.39 is 17.8 Å². The third-order valence-electron chi connectivity index (χ3n) is 2.06. The molecule has 0 spiro atoms. The van der Waals surface area contributed by atoms with E-state index in [-0.39, 0.29) is 34.4 Å². The predicted octanol–water partition coefficient (Wildman–Crippen LogP) is 3.12. The van der Waals surface area contributed by atoms with Crippen molar-refractivity contribution in [2.75, 3.05) is 7.11 Å². The summed E-state index contributed by atoms with van der Waals surface area (Å²) >= 11 is 11.5. The van der Waals surface area contributed by atoms with E-state index in [1.165, 1.54) is 13.2 Å². The van der Waals surface area contributed by atoms with Crippen LogP contribution < -0.4 is 5.73 Å². The van der Waals surface area contributed by atoms with Crippen LogP contribution in [0.15, 0.2) is 12.1 Å². The van der Waals surface area contributed by atoms with E-state index in [4.69, 9.17) is 28.9 Å². The lowest BCUT2D eigenvalue weighted by atomic mass is 10.0. The van der Waals surface area contributed by atoms with Crippen LogP contribution in [0.3, 0.4) is 0 Å². The molecular formula is C10H11Cl3FNO2. The predicted molar refractivity (Wildman–Crippen MR) is 67.2 cm³/mol. The van der Waals surface area contributed by atoms with E-state index in [2.05, 4.69) is 4.74 Å². The molecule has 1 aromatic rings. The lowest BCUT2D eigenvalue weighted by Gasteiger charge is -2.14. The first-order chi connectivity index (χ1) is 7.47. The second-order valence-electron chi connectivity index (χ2n) is 3.14. The van der Waals surface area contributed by atoms with Gasteiger partial charge in [0.05, 0.1) is 23.6 Å². The fraction of sp³-hybridized carbons (Fsp3) is 0.300. The Balaban J connectivity index is 0.00000256. The van der Waals surface area contributed by atoms with E-state index in [1.807, 2.05) is 0 Å². The molecule has 0 bridgehead atoms. The summed E-state index contributed by atoms with van der Waals surface area (Å²) in [6.45, 7) is 0. The molecule has 0 aliphatic carbocycles. The minimum Gasteiger partial charge on any atom is -0.469 e. The van der Waals surface area contributed by atoms with Crippen LogP contribution in [0.25, 0.3) is 0 Å². The zero-order valence-electron chi connectivity index (χ0n) is 8.88. The van der Waals surface area contributed by atoms with Gasteiger partial charge in [0.2, 0.25) is 0 Å². The van der Waals surface area contributed by atoms with Gasteiger partial charge in [-0.05, 0) is 12.1 Å². The van der Waals surface area contributed by atoms with Crippen molar-refractivity contribution in [3.05, 3.63) is 33.6 Å². The number of methoxy groups -OCH3 is 1.